The molecule has 2 saturated heterocycles. The molecule has 2 aromatic carbocycles. The predicted molar refractivity (Wildman–Crippen MR) is 100.0 cm³/mol. The highest BCUT2D eigenvalue weighted by Gasteiger charge is 2.70. The van der Waals surface area contributed by atoms with E-state index in [9.17, 15) is 9.59 Å². The summed E-state index contributed by atoms with van der Waals surface area (Å²) in [6.45, 7) is 6.81. The summed E-state index contributed by atoms with van der Waals surface area (Å²) in [6, 6.07) is 14.7. The van der Waals surface area contributed by atoms with Crippen LogP contribution < -0.4 is 9.47 Å². The molecule has 0 aliphatic carbocycles. The molecule has 6 nitrogen and oxygen atoms in total. The van der Waals surface area contributed by atoms with Gasteiger partial charge in [0.05, 0.1) is 0 Å². The highest BCUT2D eigenvalue weighted by Crippen LogP contribution is 2.60. The Labute approximate surface area is 163 Å². The predicted octanol–water partition coefficient (Wildman–Crippen LogP) is 3.47. The van der Waals surface area contributed by atoms with E-state index in [1.165, 1.54) is 13.8 Å². The van der Waals surface area contributed by atoms with E-state index in [2.05, 4.69) is 0 Å². The van der Waals surface area contributed by atoms with Crippen LogP contribution in [-0.2, 0) is 30.3 Å². The fraction of sp³-hybridized carbons (Fsp3) is 0.364. The maximum atomic E-state index is 11.0. The second kappa shape index (κ2) is 6.43. The van der Waals surface area contributed by atoms with Crippen molar-refractivity contribution in [3.63, 3.8) is 0 Å². The minimum absolute atomic E-state index is 0.0646. The van der Waals surface area contributed by atoms with Gasteiger partial charge in [-0.15, -0.1) is 0 Å². The Morgan fingerprint density at radius 2 is 1.04 bits per heavy atom. The minimum Gasteiger partial charge on any atom is -0.427 e. The normalized spacial score (nSPS) is 30.4. The van der Waals surface area contributed by atoms with Crippen LogP contribution in [0.5, 0.6) is 11.5 Å². The van der Waals surface area contributed by atoms with Gasteiger partial charge >= 0.3 is 11.9 Å². The maximum absolute atomic E-state index is 11.0. The third-order valence-electron chi connectivity index (χ3n) is 5.37. The molecule has 2 aliphatic rings. The van der Waals surface area contributed by atoms with E-state index >= 15 is 0 Å². The van der Waals surface area contributed by atoms with E-state index < -0.39 is 11.2 Å². The summed E-state index contributed by atoms with van der Waals surface area (Å²) in [5, 5.41) is 0. The summed E-state index contributed by atoms with van der Waals surface area (Å²) >= 11 is 0. The average molecular weight is 382 g/mol. The first-order valence-electron chi connectivity index (χ1n) is 9.16. The summed E-state index contributed by atoms with van der Waals surface area (Å²) in [5.41, 5.74) is 1.15. The fourth-order valence-electron chi connectivity index (χ4n) is 3.67. The minimum atomic E-state index is -0.436. The van der Waals surface area contributed by atoms with Gasteiger partial charge in [0.2, 0.25) is 0 Å². The highest BCUT2D eigenvalue weighted by atomic mass is 16.7. The Balaban J connectivity index is 1.44. The molecule has 0 amide bonds. The molecule has 2 heterocycles. The van der Waals surface area contributed by atoms with Crippen LogP contribution in [0.4, 0.5) is 0 Å². The number of hydrogen-bond donors (Lipinski definition) is 0. The number of carbonyl (C=O) groups is 2. The topological polar surface area (TPSA) is 77.7 Å². The highest BCUT2D eigenvalue weighted by molar-refractivity contribution is 5.69. The van der Waals surface area contributed by atoms with Gasteiger partial charge in [0.25, 0.3) is 0 Å². The van der Waals surface area contributed by atoms with Crippen molar-refractivity contribution in [2.45, 2.75) is 51.1 Å². The molecule has 28 heavy (non-hydrogen) atoms. The molecule has 2 fully saturated rings. The number of esters is 2. The van der Waals surface area contributed by atoms with Crippen LogP contribution in [-0.4, -0.2) is 24.1 Å². The van der Waals surface area contributed by atoms with Gasteiger partial charge in [0, 0.05) is 13.8 Å². The zero-order valence-electron chi connectivity index (χ0n) is 16.2. The monoisotopic (exact) mass is 382 g/mol. The van der Waals surface area contributed by atoms with Crippen LogP contribution in [0.15, 0.2) is 48.5 Å². The molecule has 146 valence electrons. The van der Waals surface area contributed by atoms with Gasteiger partial charge in [0.1, 0.15) is 34.9 Å². The van der Waals surface area contributed by atoms with Crippen LogP contribution in [0.3, 0.4) is 0 Å². The second-order valence-electron chi connectivity index (χ2n) is 7.53. The SMILES string of the molecule is CC(=O)Oc1ccc(C2(C)OC2C2OC2(C)c2ccc(OC(C)=O)cc2)cc1. The number of rotatable bonds is 5. The Morgan fingerprint density at radius 3 is 1.32 bits per heavy atom. The first-order chi connectivity index (χ1) is 13.2. The van der Waals surface area contributed by atoms with Crippen LogP contribution in [0.25, 0.3) is 0 Å². The smallest absolute Gasteiger partial charge is 0.308 e. The lowest BCUT2D eigenvalue weighted by molar-refractivity contribution is -0.132. The molecule has 4 unspecified atom stereocenters. The van der Waals surface area contributed by atoms with E-state index in [4.69, 9.17) is 18.9 Å². The number of hydrogen-bond acceptors (Lipinski definition) is 6. The van der Waals surface area contributed by atoms with Crippen LogP contribution in [0.2, 0.25) is 0 Å². The molecule has 0 spiro atoms. The van der Waals surface area contributed by atoms with Crippen LogP contribution >= 0.6 is 0 Å². The molecule has 0 aromatic heterocycles. The zero-order valence-corrected chi connectivity index (χ0v) is 16.2. The molecule has 0 N–H and O–H groups in total. The van der Waals surface area contributed by atoms with E-state index in [0.29, 0.717) is 11.5 Å². The summed E-state index contributed by atoms with van der Waals surface area (Å²) in [6.07, 6.45) is -0.129. The summed E-state index contributed by atoms with van der Waals surface area (Å²) < 4.78 is 22.2. The molecular formula is C22H22O6. The second-order valence-corrected chi connectivity index (χ2v) is 7.53. The summed E-state index contributed by atoms with van der Waals surface area (Å²) in [5.74, 6) is 0.331. The van der Waals surface area contributed by atoms with E-state index in [1.54, 1.807) is 24.3 Å². The van der Waals surface area contributed by atoms with Gasteiger partial charge in [-0.05, 0) is 49.2 Å². The first kappa shape index (κ1) is 18.7. The van der Waals surface area contributed by atoms with Gasteiger partial charge in [-0.3, -0.25) is 9.59 Å². The average Bonchev–Trinajstić information content (AvgIpc) is 3.51. The molecule has 6 heteroatoms. The zero-order chi connectivity index (χ0) is 20.1. The van der Waals surface area contributed by atoms with E-state index in [-0.39, 0.29) is 24.1 Å². The molecule has 0 saturated carbocycles. The van der Waals surface area contributed by atoms with Crippen molar-refractivity contribution in [3.8, 4) is 11.5 Å². The van der Waals surface area contributed by atoms with Crippen molar-refractivity contribution in [1.29, 1.82) is 0 Å². The lowest BCUT2D eigenvalue weighted by Crippen LogP contribution is -2.18. The van der Waals surface area contributed by atoms with E-state index in [1.807, 2.05) is 38.1 Å². The number of carbonyl (C=O) groups excluding carboxylic acids is 2. The first-order valence-corrected chi connectivity index (χ1v) is 9.16. The fourth-order valence-corrected chi connectivity index (χ4v) is 3.67. The lowest BCUT2D eigenvalue weighted by atomic mass is 9.89. The van der Waals surface area contributed by atoms with Crippen molar-refractivity contribution >= 4 is 11.9 Å². The largest absolute Gasteiger partial charge is 0.427 e. The van der Waals surface area contributed by atoms with Crippen molar-refractivity contribution in [2.75, 3.05) is 0 Å². The van der Waals surface area contributed by atoms with Crippen molar-refractivity contribution < 1.29 is 28.5 Å². The number of epoxide rings is 2. The third kappa shape index (κ3) is 3.30. The van der Waals surface area contributed by atoms with Crippen LogP contribution in [0.1, 0.15) is 38.8 Å². The Morgan fingerprint density at radius 1 is 0.714 bits per heavy atom. The Hall–Kier alpha value is -2.70. The molecule has 4 atom stereocenters. The Bertz CT molecular complexity index is 842. The molecule has 2 aromatic rings. The molecular weight excluding hydrogens is 360 g/mol. The quantitative estimate of drug-likeness (QED) is 0.448. The van der Waals surface area contributed by atoms with Gasteiger partial charge in [-0.1, -0.05) is 24.3 Å². The number of ether oxygens (including phenoxy) is 4. The molecule has 2 aliphatic heterocycles. The number of benzene rings is 2. The Kier molecular flexibility index (Phi) is 4.28. The lowest BCUT2D eigenvalue weighted by Gasteiger charge is -2.10. The van der Waals surface area contributed by atoms with Crippen molar-refractivity contribution in [1.82, 2.24) is 0 Å². The van der Waals surface area contributed by atoms with Crippen molar-refractivity contribution in [3.05, 3.63) is 59.7 Å². The molecule has 4 rings (SSSR count). The summed E-state index contributed by atoms with van der Waals surface area (Å²) in [7, 11) is 0. The van der Waals surface area contributed by atoms with Gasteiger partial charge in [-0.2, -0.15) is 0 Å². The van der Waals surface area contributed by atoms with Gasteiger partial charge in [-0.25, -0.2) is 0 Å². The third-order valence-corrected chi connectivity index (χ3v) is 5.37. The standard InChI is InChI=1S/C22H22O6/c1-13(23)25-17-9-5-15(6-10-17)21(3)19(27-21)20-22(4,28-20)16-7-11-18(12-8-16)26-14(2)24/h5-12,19-20H,1-4H3. The van der Waals surface area contributed by atoms with Gasteiger partial charge < -0.3 is 18.9 Å². The van der Waals surface area contributed by atoms with Crippen LogP contribution in [0, 0.1) is 0 Å². The van der Waals surface area contributed by atoms with Crippen molar-refractivity contribution in [2.24, 2.45) is 0 Å². The summed E-state index contributed by atoms with van der Waals surface area (Å²) in [4.78, 5) is 22.1. The molecule has 0 radical (unpaired) electrons. The van der Waals surface area contributed by atoms with Gasteiger partial charge in [0.15, 0.2) is 0 Å². The molecule has 0 bridgehead atoms. The maximum Gasteiger partial charge on any atom is 0.308 e. The van der Waals surface area contributed by atoms with E-state index in [0.717, 1.165) is 11.1 Å².